The number of anilines is 3. The van der Waals surface area contributed by atoms with Crippen molar-refractivity contribution >= 4 is 83.5 Å². The molecule has 13 rings (SSSR count). The van der Waals surface area contributed by atoms with Crippen LogP contribution < -0.4 is 21.3 Å². The number of nitrogens with zero attached hydrogens (tertiary/aromatic N) is 2. The van der Waals surface area contributed by atoms with E-state index in [1.807, 2.05) is 0 Å². The van der Waals surface area contributed by atoms with Crippen LogP contribution in [0.4, 0.5) is 17.1 Å². The maximum Gasteiger partial charge on any atom is 0.252 e. The van der Waals surface area contributed by atoms with E-state index < -0.39 is 0 Å². The number of benzene rings is 9. The average Bonchev–Trinajstić information content (AvgIpc) is 3.52. The molecule has 0 N–H and O–H groups in total. The molecule has 9 aromatic carbocycles. The lowest BCUT2D eigenvalue weighted by atomic mass is 9.33. The van der Waals surface area contributed by atoms with Gasteiger partial charge in [0, 0.05) is 33.5 Å². The van der Waals surface area contributed by atoms with Gasteiger partial charge in [-0.25, -0.2) is 0 Å². The highest BCUT2D eigenvalue weighted by Gasteiger charge is 2.43. The van der Waals surface area contributed by atoms with Crippen molar-refractivity contribution in [1.82, 2.24) is 4.57 Å². The van der Waals surface area contributed by atoms with Crippen molar-refractivity contribution in [3.05, 3.63) is 176 Å². The first kappa shape index (κ1) is 27.8. The van der Waals surface area contributed by atoms with E-state index in [1.54, 1.807) is 0 Å². The van der Waals surface area contributed by atoms with Crippen LogP contribution in [0.5, 0.6) is 0 Å². The zero-order valence-corrected chi connectivity index (χ0v) is 28.7. The van der Waals surface area contributed by atoms with Crippen molar-refractivity contribution in [1.29, 1.82) is 0 Å². The molecule has 0 spiro atoms. The molecule has 53 heavy (non-hydrogen) atoms. The number of fused-ring (bicyclic) bond motifs is 9. The Bertz CT molecular complexity index is 3250. The van der Waals surface area contributed by atoms with Crippen LogP contribution in [0, 0.1) is 0 Å². The second-order valence-electron chi connectivity index (χ2n) is 14.8. The number of rotatable bonds is 2. The van der Waals surface area contributed by atoms with Gasteiger partial charge >= 0.3 is 0 Å². The van der Waals surface area contributed by atoms with E-state index in [0.29, 0.717) is 0 Å². The Morgan fingerprint density at radius 2 is 1.08 bits per heavy atom. The van der Waals surface area contributed by atoms with Gasteiger partial charge in [0.05, 0.1) is 11.0 Å². The summed E-state index contributed by atoms with van der Waals surface area (Å²) in [5, 5.41) is 7.87. The third-order valence-corrected chi connectivity index (χ3v) is 12.3. The highest BCUT2D eigenvalue weighted by atomic mass is 15.2. The smallest absolute Gasteiger partial charge is 0.252 e. The average molecular weight is 669 g/mol. The van der Waals surface area contributed by atoms with Gasteiger partial charge in [-0.1, -0.05) is 133 Å². The summed E-state index contributed by atoms with van der Waals surface area (Å²) in [5.41, 5.74) is 19.3. The lowest BCUT2D eigenvalue weighted by molar-refractivity contribution is 1.18. The first-order valence-electron chi connectivity index (χ1n) is 18.6. The number of hydrogen-bond acceptors (Lipinski definition) is 1. The maximum atomic E-state index is 2.63. The van der Waals surface area contributed by atoms with Gasteiger partial charge < -0.3 is 9.47 Å². The summed E-state index contributed by atoms with van der Waals surface area (Å²) < 4.78 is 2.63. The molecule has 242 valence electrons. The van der Waals surface area contributed by atoms with Gasteiger partial charge in [0.2, 0.25) is 0 Å². The fraction of sp³-hybridized carbons (Fsp3) is 0. The van der Waals surface area contributed by atoms with Crippen molar-refractivity contribution in [2.75, 3.05) is 4.90 Å². The van der Waals surface area contributed by atoms with Crippen LogP contribution >= 0.6 is 0 Å². The van der Waals surface area contributed by atoms with Crippen molar-refractivity contribution in [2.45, 2.75) is 0 Å². The molecule has 3 heteroatoms. The van der Waals surface area contributed by atoms with E-state index in [0.717, 1.165) is 0 Å². The highest BCUT2D eigenvalue weighted by Crippen LogP contribution is 2.51. The number of aromatic nitrogens is 1. The number of para-hydroxylation sites is 2. The predicted molar refractivity (Wildman–Crippen MR) is 225 cm³/mol. The van der Waals surface area contributed by atoms with Crippen LogP contribution in [-0.4, -0.2) is 11.3 Å². The minimum absolute atomic E-state index is 0.0805. The van der Waals surface area contributed by atoms with E-state index in [-0.39, 0.29) is 6.71 Å². The van der Waals surface area contributed by atoms with Crippen molar-refractivity contribution in [2.24, 2.45) is 0 Å². The fourth-order valence-corrected chi connectivity index (χ4v) is 10.1. The van der Waals surface area contributed by atoms with Crippen molar-refractivity contribution in [3.63, 3.8) is 0 Å². The van der Waals surface area contributed by atoms with Crippen molar-refractivity contribution in [3.8, 4) is 39.1 Å². The van der Waals surface area contributed by atoms with Gasteiger partial charge in [0.1, 0.15) is 0 Å². The Hall–Kier alpha value is -6.84. The van der Waals surface area contributed by atoms with E-state index in [2.05, 4.69) is 185 Å². The Labute approximate surface area is 306 Å². The molecule has 0 fully saturated rings. The van der Waals surface area contributed by atoms with Crippen LogP contribution in [0.15, 0.2) is 176 Å². The van der Waals surface area contributed by atoms with E-state index in [1.165, 1.54) is 116 Å². The molecule has 3 heterocycles. The van der Waals surface area contributed by atoms with Crippen LogP contribution in [0.25, 0.3) is 82.4 Å². The Kier molecular flexibility index (Phi) is 5.22. The molecule has 0 bridgehead atoms. The predicted octanol–water partition coefficient (Wildman–Crippen LogP) is 11.0. The Balaban J connectivity index is 1.24. The van der Waals surface area contributed by atoms with E-state index >= 15 is 0 Å². The molecular weight excluding hydrogens is 639 g/mol. The highest BCUT2D eigenvalue weighted by molar-refractivity contribution is 7.00. The summed E-state index contributed by atoms with van der Waals surface area (Å²) in [6, 6.07) is 66.0. The third kappa shape index (κ3) is 3.50. The third-order valence-electron chi connectivity index (χ3n) is 12.3. The number of hydrogen-bond donors (Lipinski definition) is 0. The van der Waals surface area contributed by atoms with Gasteiger partial charge in [-0.3, -0.25) is 0 Å². The topological polar surface area (TPSA) is 8.17 Å². The zero-order chi connectivity index (χ0) is 34.4. The van der Waals surface area contributed by atoms with Crippen LogP contribution in [-0.2, 0) is 0 Å². The molecule has 0 saturated heterocycles. The molecule has 2 nitrogen and oxygen atoms in total. The molecule has 10 aromatic rings. The first-order chi connectivity index (χ1) is 26.3. The second-order valence-corrected chi connectivity index (χ2v) is 14.8. The maximum absolute atomic E-state index is 2.63. The standard InChI is InChI=1S/C50H29BN2/c1-2-14-35(15-3-1)52-42-20-9-8-19-40(42)51-41-25-24-39-37-17-7-6-16-36(37)38-18-10-13-31-23-26-43-48(46(31)38)47(39)50(41)53(43)45-29-34(28-44(52)49(45)51)33-22-21-30-11-4-5-12-32(30)27-33/h1-29H. The minimum atomic E-state index is 0.0805. The van der Waals surface area contributed by atoms with Gasteiger partial charge in [-0.2, -0.15) is 0 Å². The molecule has 0 atom stereocenters. The lowest BCUT2D eigenvalue weighted by Crippen LogP contribution is -2.60. The van der Waals surface area contributed by atoms with Crippen LogP contribution in [0.2, 0.25) is 0 Å². The fourth-order valence-electron chi connectivity index (χ4n) is 10.1. The van der Waals surface area contributed by atoms with Gasteiger partial charge in [-0.05, 0) is 114 Å². The molecule has 0 saturated carbocycles. The van der Waals surface area contributed by atoms with Gasteiger partial charge in [0.15, 0.2) is 0 Å². The quantitative estimate of drug-likeness (QED) is 0.167. The molecular formula is C50H29BN2. The first-order valence-corrected chi connectivity index (χ1v) is 18.6. The molecule has 0 unspecified atom stereocenters. The second kappa shape index (κ2) is 9.94. The van der Waals surface area contributed by atoms with Crippen LogP contribution in [0.1, 0.15) is 0 Å². The molecule has 3 aliphatic rings. The summed E-state index contributed by atoms with van der Waals surface area (Å²) in [6.45, 7) is 0.0805. The summed E-state index contributed by atoms with van der Waals surface area (Å²) in [7, 11) is 0. The van der Waals surface area contributed by atoms with Gasteiger partial charge in [-0.15, -0.1) is 0 Å². The Morgan fingerprint density at radius 3 is 1.96 bits per heavy atom. The summed E-state index contributed by atoms with van der Waals surface area (Å²) >= 11 is 0. The summed E-state index contributed by atoms with van der Waals surface area (Å²) in [4.78, 5) is 2.50. The monoisotopic (exact) mass is 668 g/mol. The van der Waals surface area contributed by atoms with E-state index in [4.69, 9.17) is 0 Å². The van der Waals surface area contributed by atoms with Gasteiger partial charge in [0.25, 0.3) is 6.71 Å². The van der Waals surface area contributed by atoms with E-state index in [9.17, 15) is 0 Å². The zero-order valence-electron chi connectivity index (χ0n) is 28.7. The molecule has 0 amide bonds. The van der Waals surface area contributed by atoms with Crippen LogP contribution in [0.3, 0.4) is 0 Å². The Morgan fingerprint density at radius 1 is 0.377 bits per heavy atom. The molecule has 1 aliphatic carbocycles. The molecule has 0 radical (unpaired) electrons. The lowest BCUT2D eigenvalue weighted by Gasteiger charge is -2.40. The summed E-state index contributed by atoms with van der Waals surface area (Å²) in [5.74, 6) is 0. The normalized spacial score (nSPS) is 13.2. The molecule has 2 aliphatic heterocycles. The molecule has 1 aromatic heterocycles. The van der Waals surface area contributed by atoms with Crippen molar-refractivity contribution < 1.29 is 0 Å². The summed E-state index contributed by atoms with van der Waals surface area (Å²) in [6.07, 6.45) is 0. The SMILES string of the molecule is c1ccc(N2c3ccccc3B3c4c2cc(-c2ccc5ccccc5c2)cc4-n2c4ccc5cccc6c5c4c4c(ccc3c42)-c2ccccc2-6)cc1. The largest absolute Gasteiger partial charge is 0.311 e. The minimum Gasteiger partial charge on any atom is -0.311 e.